The molecule has 6 rings (SSSR count). The Morgan fingerprint density at radius 3 is 2.42 bits per heavy atom. The lowest BCUT2D eigenvalue weighted by Gasteiger charge is -2.47. The van der Waals surface area contributed by atoms with Crippen molar-refractivity contribution in [2.24, 2.45) is 5.92 Å². The van der Waals surface area contributed by atoms with Crippen molar-refractivity contribution in [1.29, 1.82) is 0 Å². The number of aliphatic hydroxyl groups is 3. The number of carboxylic acid groups (broad SMARTS) is 1. The van der Waals surface area contributed by atoms with Crippen LogP contribution in [0.3, 0.4) is 0 Å². The fourth-order valence-electron chi connectivity index (χ4n) is 8.60. The molecule has 0 spiro atoms. The molecule has 3 aliphatic rings. The van der Waals surface area contributed by atoms with E-state index in [2.05, 4.69) is 26.3 Å². The number of benzene rings is 2. The Kier molecular flexibility index (Phi) is 15.5. The van der Waals surface area contributed by atoms with E-state index < -0.39 is 66.8 Å². The number of hydrogen-bond acceptors (Lipinski definition) is 12. The molecule has 1 saturated carbocycles. The van der Waals surface area contributed by atoms with Crippen LogP contribution in [0.15, 0.2) is 42.6 Å². The molecule has 0 bridgehead atoms. The van der Waals surface area contributed by atoms with E-state index in [0.29, 0.717) is 24.3 Å². The maximum Gasteiger partial charge on any atom is 0.336 e. The number of nitrogens with one attached hydrogen (secondary N) is 3. The van der Waals surface area contributed by atoms with Crippen LogP contribution in [0.25, 0.3) is 6.08 Å². The standard InChI is InChI=1S/C45H60N6O11/c1-26-13-14-29(21-46-42(57)32-12-8-16-61-25-32)19-31(26)11-7-15-45(44(59)60)20-35(52)38(48-37(54)24-51-23-34(49-50-51)30-9-5-4-6-10-30)41(62-45)40(56)36(53)22-47-43(58)33-17-27(2)39(55)28(3)18-33/h7,11,13-14,17-19,23,30,32,35-36,38,40-41,52-53,55-56H,4-6,8-10,12,15-16,20-22,24-25H2,1-3H3,(H,46,57)(H,47,58)(H,48,54)(H,59,60)/b11-7+/t32?,35-,36+,38+,40+,41+,45+/m0/s1. The van der Waals surface area contributed by atoms with Gasteiger partial charge in [-0.15, -0.1) is 5.10 Å². The van der Waals surface area contributed by atoms with Crippen LogP contribution in [0, 0.1) is 26.7 Å². The first-order valence-corrected chi connectivity index (χ1v) is 21.5. The van der Waals surface area contributed by atoms with Gasteiger partial charge in [-0.2, -0.15) is 0 Å². The highest BCUT2D eigenvalue weighted by Crippen LogP contribution is 2.36. The van der Waals surface area contributed by atoms with Crippen molar-refractivity contribution in [2.75, 3.05) is 19.8 Å². The van der Waals surface area contributed by atoms with Gasteiger partial charge in [0.05, 0.1) is 36.5 Å². The van der Waals surface area contributed by atoms with E-state index in [1.807, 2.05) is 25.1 Å². The van der Waals surface area contributed by atoms with Gasteiger partial charge in [0.15, 0.2) is 5.60 Å². The van der Waals surface area contributed by atoms with E-state index in [4.69, 9.17) is 9.47 Å². The molecule has 2 aromatic carbocycles. The quantitative estimate of drug-likeness (QED) is 0.103. The Bertz CT molecular complexity index is 2070. The zero-order chi connectivity index (χ0) is 44.6. The minimum atomic E-state index is -2.12. The number of carbonyl (C=O) groups excluding carboxylic acids is 3. The van der Waals surface area contributed by atoms with Gasteiger partial charge >= 0.3 is 5.97 Å². The molecule has 2 saturated heterocycles. The molecule has 1 unspecified atom stereocenters. The molecule has 3 aromatic rings. The van der Waals surface area contributed by atoms with E-state index in [9.17, 15) is 44.7 Å². The van der Waals surface area contributed by atoms with Gasteiger partial charge in [0.2, 0.25) is 11.8 Å². The lowest BCUT2D eigenvalue weighted by Crippen LogP contribution is -2.67. The summed E-state index contributed by atoms with van der Waals surface area (Å²) in [6, 6.07) is 7.21. The summed E-state index contributed by atoms with van der Waals surface area (Å²) in [4.78, 5) is 52.4. The van der Waals surface area contributed by atoms with Crippen molar-refractivity contribution < 1.29 is 54.2 Å². The normalized spacial score (nSPS) is 24.3. The zero-order valence-electron chi connectivity index (χ0n) is 35.6. The molecule has 62 heavy (non-hydrogen) atoms. The molecule has 3 amide bonds. The van der Waals surface area contributed by atoms with Gasteiger partial charge in [-0.25, -0.2) is 9.48 Å². The van der Waals surface area contributed by atoms with Crippen molar-refractivity contribution in [2.45, 2.75) is 134 Å². The number of aliphatic hydroxyl groups excluding tert-OH is 3. The first-order chi connectivity index (χ1) is 29.6. The Balaban J connectivity index is 1.18. The molecular formula is C45H60N6O11. The van der Waals surface area contributed by atoms with E-state index in [0.717, 1.165) is 67.3 Å². The van der Waals surface area contributed by atoms with E-state index in [-0.39, 0.29) is 48.6 Å². The van der Waals surface area contributed by atoms with Crippen LogP contribution in [0.1, 0.15) is 108 Å². The molecule has 17 nitrogen and oxygen atoms in total. The minimum Gasteiger partial charge on any atom is -0.507 e. The summed E-state index contributed by atoms with van der Waals surface area (Å²) in [6.45, 7) is 5.68. The predicted molar refractivity (Wildman–Crippen MR) is 226 cm³/mol. The summed E-state index contributed by atoms with van der Waals surface area (Å²) >= 11 is 0. The Hall–Kier alpha value is -5.20. The Morgan fingerprint density at radius 2 is 1.73 bits per heavy atom. The number of phenols is 1. The van der Waals surface area contributed by atoms with E-state index in [1.54, 1.807) is 32.2 Å². The summed E-state index contributed by atoms with van der Waals surface area (Å²) in [5, 5.41) is 72.0. The number of nitrogens with zero attached hydrogens (tertiary/aromatic N) is 3. The maximum atomic E-state index is 13.5. The smallest absolute Gasteiger partial charge is 0.336 e. The van der Waals surface area contributed by atoms with Crippen LogP contribution in [0.4, 0.5) is 0 Å². The van der Waals surface area contributed by atoms with Crippen LogP contribution in [-0.2, 0) is 36.9 Å². The fraction of sp³-hybridized carbons (Fsp3) is 0.556. The number of carbonyl (C=O) groups is 4. The van der Waals surface area contributed by atoms with Crippen LogP contribution >= 0.6 is 0 Å². The highest BCUT2D eigenvalue weighted by atomic mass is 16.6. The van der Waals surface area contributed by atoms with Gasteiger partial charge in [0, 0.05) is 50.2 Å². The fourth-order valence-corrected chi connectivity index (χ4v) is 8.60. The second-order valence-electron chi connectivity index (χ2n) is 17.1. The summed E-state index contributed by atoms with van der Waals surface area (Å²) in [5.74, 6) is -2.67. The number of aromatic hydroxyl groups is 1. The average molecular weight is 861 g/mol. The third kappa shape index (κ3) is 11.4. The molecule has 1 aromatic heterocycles. The summed E-state index contributed by atoms with van der Waals surface area (Å²) < 4.78 is 13.0. The number of amides is 3. The SMILES string of the molecule is Cc1ccc(CNC(=O)C2CCCOC2)cc1/C=C/C[C@]1(C(=O)O)C[C@H](O)[C@@H](NC(=O)Cn2cc(C3CCCCC3)nn2)[C@H]([C@H](O)[C@H](O)CNC(=O)c2cc(C)c(O)c(C)c2)O1. The summed E-state index contributed by atoms with van der Waals surface area (Å²) in [6.07, 6.45) is 4.23. The van der Waals surface area contributed by atoms with Crippen molar-refractivity contribution in [3.05, 3.63) is 81.7 Å². The van der Waals surface area contributed by atoms with Crippen molar-refractivity contribution in [3.8, 4) is 5.75 Å². The van der Waals surface area contributed by atoms with Gasteiger partial charge in [0.25, 0.3) is 5.91 Å². The number of ether oxygens (including phenoxy) is 2. The Labute approximate surface area is 360 Å². The van der Waals surface area contributed by atoms with Crippen molar-refractivity contribution >= 4 is 29.8 Å². The lowest BCUT2D eigenvalue weighted by atomic mass is 9.81. The topological polar surface area (TPSA) is 255 Å². The van der Waals surface area contributed by atoms with E-state index in [1.165, 1.54) is 16.8 Å². The van der Waals surface area contributed by atoms with Gasteiger partial charge in [0.1, 0.15) is 24.5 Å². The first kappa shape index (κ1) is 46.3. The van der Waals surface area contributed by atoms with Crippen LogP contribution in [-0.4, -0.2) is 120 Å². The highest BCUT2D eigenvalue weighted by molar-refractivity contribution is 5.95. The first-order valence-electron chi connectivity index (χ1n) is 21.5. The van der Waals surface area contributed by atoms with Gasteiger partial charge < -0.3 is 51.0 Å². The number of rotatable bonds is 16. The van der Waals surface area contributed by atoms with Gasteiger partial charge in [-0.05, 0) is 92.5 Å². The second-order valence-corrected chi connectivity index (χ2v) is 17.1. The highest BCUT2D eigenvalue weighted by Gasteiger charge is 2.54. The van der Waals surface area contributed by atoms with Crippen molar-refractivity contribution in [3.63, 3.8) is 0 Å². The molecule has 17 heteroatoms. The molecular weight excluding hydrogens is 801 g/mol. The third-order valence-corrected chi connectivity index (χ3v) is 12.3. The number of hydrogen-bond donors (Lipinski definition) is 8. The number of carboxylic acids is 1. The molecule has 2 aliphatic heterocycles. The number of aliphatic carboxylic acids is 1. The number of aromatic nitrogens is 3. The molecule has 0 radical (unpaired) electrons. The Morgan fingerprint density at radius 1 is 0.984 bits per heavy atom. The molecule has 8 N–H and O–H groups in total. The molecule has 3 heterocycles. The maximum absolute atomic E-state index is 13.5. The van der Waals surface area contributed by atoms with Crippen LogP contribution < -0.4 is 16.0 Å². The molecule has 7 atom stereocenters. The molecule has 3 fully saturated rings. The second kappa shape index (κ2) is 20.8. The molecule has 1 aliphatic carbocycles. The van der Waals surface area contributed by atoms with Crippen LogP contribution in [0.2, 0.25) is 0 Å². The zero-order valence-corrected chi connectivity index (χ0v) is 35.6. The summed E-state index contributed by atoms with van der Waals surface area (Å²) in [7, 11) is 0. The minimum absolute atomic E-state index is 0.0401. The lowest BCUT2D eigenvalue weighted by molar-refractivity contribution is -0.226. The molecule has 336 valence electrons. The monoisotopic (exact) mass is 860 g/mol. The number of aryl methyl sites for hydroxylation is 3. The van der Waals surface area contributed by atoms with Crippen molar-refractivity contribution in [1.82, 2.24) is 30.9 Å². The van der Waals surface area contributed by atoms with Crippen LogP contribution in [0.5, 0.6) is 5.75 Å². The van der Waals surface area contributed by atoms with E-state index >= 15 is 0 Å². The van der Waals surface area contributed by atoms with Gasteiger partial charge in [-0.1, -0.05) is 48.8 Å². The summed E-state index contributed by atoms with van der Waals surface area (Å²) in [5.41, 5.74) is 2.25. The number of phenolic OH excluding ortho intramolecular Hbond substituents is 1. The average Bonchev–Trinajstić information content (AvgIpc) is 3.73. The largest absolute Gasteiger partial charge is 0.507 e. The predicted octanol–water partition coefficient (Wildman–Crippen LogP) is 2.71. The third-order valence-electron chi connectivity index (χ3n) is 12.3. The van der Waals surface area contributed by atoms with Gasteiger partial charge in [-0.3, -0.25) is 14.4 Å².